The number of nitrogens with two attached hydrogens (primary N) is 1. The van der Waals surface area contributed by atoms with Crippen molar-refractivity contribution in [3.05, 3.63) is 0 Å². The van der Waals surface area contributed by atoms with Gasteiger partial charge in [0.15, 0.2) is 0 Å². The van der Waals surface area contributed by atoms with Crippen molar-refractivity contribution in [3.8, 4) is 0 Å². The smallest absolute Gasteiger partial charge is 0.220 e. The molecule has 0 aliphatic carbocycles. The summed E-state index contributed by atoms with van der Waals surface area (Å²) in [5, 5.41) is 3.03. The summed E-state index contributed by atoms with van der Waals surface area (Å²) in [6.45, 7) is 4.28. The first-order chi connectivity index (χ1) is 8.08. The number of carbonyl (C=O) groups excluding carboxylic acids is 1. The first-order valence-electron chi connectivity index (χ1n) is 6.23. The Kier molecular flexibility index (Phi) is 9.03. The lowest BCUT2D eigenvalue weighted by Gasteiger charge is -2.35. The zero-order valence-corrected chi connectivity index (χ0v) is 12.9. The van der Waals surface area contributed by atoms with Crippen LogP contribution in [0.5, 0.6) is 0 Å². The molecule has 18 heavy (non-hydrogen) atoms. The van der Waals surface area contributed by atoms with E-state index < -0.39 is 0 Å². The van der Waals surface area contributed by atoms with Crippen molar-refractivity contribution in [2.24, 2.45) is 5.73 Å². The highest BCUT2D eigenvalue weighted by Gasteiger charge is 2.31. The SMILES string of the molecule is CSC1(CNC(=O)CCC(C)N)CCOCC1.Cl. The second-order valence-electron chi connectivity index (χ2n) is 4.79. The Hall–Kier alpha value is 0.0300. The number of carbonyl (C=O) groups is 1. The van der Waals surface area contributed by atoms with Gasteiger partial charge in [-0.2, -0.15) is 11.8 Å². The second kappa shape index (κ2) is 9.02. The number of nitrogens with one attached hydrogen (secondary N) is 1. The summed E-state index contributed by atoms with van der Waals surface area (Å²) >= 11 is 1.84. The van der Waals surface area contributed by atoms with Gasteiger partial charge in [0, 0.05) is 37.0 Å². The molecule has 1 atom stereocenters. The van der Waals surface area contributed by atoms with E-state index in [-0.39, 0.29) is 29.1 Å². The van der Waals surface area contributed by atoms with E-state index >= 15 is 0 Å². The molecule has 108 valence electrons. The molecular weight excluding hydrogens is 272 g/mol. The van der Waals surface area contributed by atoms with Crippen molar-refractivity contribution in [1.29, 1.82) is 0 Å². The van der Waals surface area contributed by atoms with E-state index in [2.05, 4.69) is 11.6 Å². The van der Waals surface area contributed by atoms with Crippen molar-refractivity contribution < 1.29 is 9.53 Å². The van der Waals surface area contributed by atoms with Gasteiger partial charge >= 0.3 is 0 Å². The van der Waals surface area contributed by atoms with E-state index in [1.165, 1.54) is 0 Å². The van der Waals surface area contributed by atoms with Crippen LogP contribution in [0.3, 0.4) is 0 Å². The summed E-state index contributed by atoms with van der Waals surface area (Å²) in [4.78, 5) is 11.6. The van der Waals surface area contributed by atoms with Gasteiger partial charge in [0.05, 0.1) is 0 Å². The normalized spacial score (nSPS) is 19.7. The van der Waals surface area contributed by atoms with Gasteiger partial charge in [-0.05, 0) is 32.4 Å². The van der Waals surface area contributed by atoms with Gasteiger partial charge in [0.25, 0.3) is 0 Å². The highest BCUT2D eigenvalue weighted by atomic mass is 35.5. The van der Waals surface area contributed by atoms with Gasteiger partial charge in [0.2, 0.25) is 5.91 Å². The minimum atomic E-state index is 0. The van der Waals surface area contributed by atoms with E-state index in [1.54, 1.807) is 0 Å². The fourth-order valence-electron chi connectivity index (χ4n) is 1.90. The Morgan fingerprint density at radius 2 is 2.11 bits per heavy atom. The number of thioether (sulfide) groups is 1. The van der Waals surface area contributed by atoms with Crippen molar-refractivity contribution in [1.82, 2.24) is 5.32 Å². The molecule has 0 spiro atoms. The molecule has 0 aromatic heterocycles. The third-order valence-electron chi connectivity index (χ3n) is 3.27. The number of ether oxygens (including phenoxy) is 1. The number of amides is 1. The lowest BCUT2D eigenvalue weighted by atomic mass is 9.99. The van der Waals surface area contributed by atoms with Gasteiger partial charge < -0.3 is 15.8 Å². The quantitative estimate of drug-likeness (QED) is 0.781. The minimum absolute atomic E-state index is 0. The first kappa shape index (κ1) is 18.0. The molecule has 1 saturated heterocycles. The molecule has 1 heterocycles. The van der Waals surface area contributed by atoms with Gasteiger partial charge in [0.1, 0.15) is 0 Å². The maximum Gasteiger partial charge on any atom is 0.220 e. The molecule has 1 rings (SSSR count). The number of hydrogen-bond donors (Lipinski definition) is 2. The average Bonchev–Trinajstić information content (AvgIpc) is 2.35. The molecule has 6 heteroatoms. The third-order valence-corrected chi connectivity index (χ3v) is 4.69. The van der Waals surface area contributed by atoms with Crippen LogP contribution in [-0.2, 0) is 9.53 Å². The zero-order valence-electron chi connectivity index (χ0n) is 11.2. The monoisotopic (exact) mass is 296 g/mol. The lowest BCUT2D eigenvalue weighted by molar-refractivity contribution is -0.121. The van der Waals surface area contributed by atoms with E-state index in [0.717, 1.165) is 39.0 Å². The van der Waals surface area contributed by atoms with Gasteiger partial charge in [-0.25, -0.2) is 0 Å². The minimum Gasteiger partial charge on any atom is -0.381 e. The predicted octanol–water partition coefficient (Wildman–Crippen LogP) is 1.56. The largest absolute Gasteiger partial charge is 0.381 e. The van der Waals surface area contributed by atoms with Crippen LogP contribution >= 0.6 is 24.2 Å². The van der Waals surface area contributed by atoms with Crippen LogP contribution in [0.25, 0.3) is 0 Å². The molecule has 3 N–H and O–H groups in total. The summed E-state index contributed by atoms with van der Waals surface area (Å²) in [6.07, 6.45) is 5.42. The van der Waals surface area contributed by atoms with Crippen molar-refractivity contribution in [2.75, 3.05) is 26.0 Å². The van der Waals surface area contributed by atoms with Crippen molar-refractivity contribution in [3.63, 3.8) is 0 Å². The Balaban J connectivity index is 0.00000289. The van der Waals surface area contributed by atoms with Crippen molar-refractivity contribution in [2.45, 2.75) is 43.4 Å². The lowest BCUT2D eigenvalue weighted by Crippen LogP contribution is -2.44. The summed E-state index contributed by atoms with van der Waals surface area (Å²) in [7, 11) is 0. The standard InChI is InChI=1S/C12H24N2O2S.ClH/c1-10(13)3-4-11(15)14-9-12(17-2)5-7-16-8-6-12;/h10H,3-9,13H2,1-2H3,(H,14,15);1H. The maximum atomic E-state index is 11.6. The first-order valence-corrected chi connectivity index (χ1v) is 7.46. The van der Waals surface area contributed by atoms with Crippen molar-refractivity contribution >= 4 is 30.1 Å². The molecular formula is C12H25ClN2O2S. The van der Waals surface area contributed by atoms with Crippen LogP contribution in [0, 0.1) is 0 Å². The fourth-order valence-corrected chi connectivity index (χ4v) is 2.69. The van der Waals surface area contributed by atoms with Crippen LogP contribution in [-0.4, -0.2) is 42.7 Å². The molecule has 0 radical (unpaired) electrons. The third kappa shape index (κ3) is 6.27. The maximum absolute atomic E-state index is 11.6. The highest BCUT2D eigenvalue weighted by molar-refractivity contribution is 8.00. The van der Waals surface area contributed by atoms with Crippen LogP contribution in [0.2, 0.25) is 0 Å². The Morgan fingerprint density at radius 3 is 2.61 bits per heavy atom. The second-order valence-corrected chi connectivity index (χ2v) is 6.07. The fraction of sp³-hybridized carbons (Fsp3) is 0.917. The molecule has 1 aliphatic heterocycles. The van der Waals surface area contributed by atoms with Gasteiger partial charge in [-0.3, -0.25) is 4.79 Å². The summed E-state index contributed by atoms with van der Waals surface area (Å²) < 4.78 is 5.54. The number of halogens is 1. The van der Waals surface area contributed by atoms with Gasteiger partial charge in [-0.15, -0.1) is 12.4 Å². The van der Waals surface area contributed by atoms with Crippen LogP contribution < -0.4 is 11.1 Å². The Labute approximate surface area is 120 Å². The molecule has 0 aromatic rings. The molecule has 0 bridgehead atoms. The molecule has 0 saturated carbocycles. The molecule has 1 amide bonds. The highest BCUT2D eigenvalue weighted by Crippen LogP contribution is 2.32. The molecule has 1 aliphatic rings. The summed E-state index contributed by atoms with van der Waals surface area (Å²) in [5.41, 5.74) is 5.63. The van der Waals surface area contributed by atoms with Gasteiger partial charge in [-0.1, -0.05) is 0 Å². The Bertz CT molecular complexity index is 246. The van der Waals surface area contributed by atoms with Crippen LogP contribution in [0.15, 0.2) is 0 Å². The predicted molar refractivity (Wildman–Crippen MR) is 79.4 cm³/mol. The molecule has 1 unspecified atom stereocenters. The summed E-state index contributed by atoms with van der Waals surface area (Å²) in [6, 6.07) is 0.0957. The van der Waals surface area contributed by atoms with E-state index in [9.17, 15) is 4.79 Å². The molecule has 4 nitrogen and oxygen atoms in total. The van der Waals surface area contributed by atoms with E-state index in [1.807, 2.05) is 18.7 Å². The number of hydrogen-bond acceptors (Lipinski definition) is 4. The Morgan fingerprint density at radius 1 is 1.50 bits per heavy atom. The zero-order chi connectivity index (χ0) is 12.7. The number of rotatable bonds is 6. The average molecular weight is 297 g/mol. The topological polar surface area (TPSA) is 64.4 Å². The molecule has 0 aromatic carbocycles. The molecule has 1 fully saturated rings. The van der Waals surface area contributed by atoms with Crippen LogP contribution in [0.1, 0.15) is 32.6 Å². The van der Waals surface area contributed by atoms with Crippen LogP contribution in [0.4, 0.5) is 0 Å². The van der Waals surface area contributed by atoms with E-state index in [0.29, 0.717) is 6.42 Å². The summed E-state index contributed by atoms with van der Waals surface area (Å²) in [5.74, 6) is 0.113. The van der Waals surface area contributed by atoms with E-state index in [4.69, 9.17) is 10.5 Å².